The smallest absolute Gasteiger partial charge is 0.127 e. The van der Waals surface area contributed by atoms with E-state index in [2.05, 4.69) is 16.4 Å². The van der Waals surface area contributed by atoms with Gasteiger partial charge in [-0.05, 0) is 55.4 Å². The lowest BCUT2D eigenvalue weighted by Gasteiger charge is -2.18. The Labute approximate surface area is 124 Å². The van der Waals surface area contributed by atoms with Gasteiger partial charge in [0.15, 0.2) is 0 Å². The third kappa shape index (κ3) is 2.31. The van der Waals surface area contributed by atoms with Gasteiger partial charge in [-0.15, -0.1) is 0 Å². The molecule has 1 saturated carbocycles. The Morgan fingerprint density at radius 1 is 1.19 bits per heavy atom. The summed E-state index contributed by atoms with van der Waals surface area (Å²) in [6.07, 6.45) is 7.48. The molecule has 1 fully saturated rings. The average Bonchev–Trinajstić information content (AvgIpc) is 3.14. The Balaban J connectivity index is 1.51. The van der Waals surface area contributed by atoms with Crippen molar-refractivity contribution in [1.82, 2.24) is 4.98 Å². The summed E-state index contributed by atoms with van der Waals surface area (Å²) < 4.78 is 14.0. The van der Waals surface area contributed by atoms with Crippen LogP contribution in [0.5, 0.6) is 0 Å². The number of fused-ring (bicyclic) bond motifs is 1. The second kappa shape index (κ2) is 4.83. The molecule has 0 atom stereocenters. The van der Waals surface area contributed by atoms with Crippen molar-refractivity contribution in [3.05, 3.63) is 59.2 Å². The fourth-order valence-corrected chi connectivity index (χ4v) is 3.38. The summed E-state index contributed by atoms with van der Waals surface area (Å²) in [5, 5.41) is 3.47. The third-order valence-electron chi connectivity index (χ3n) is 4.85. The molecule has 0 bridgehead atoms. The van der Waals surface area contributed by atoms with Crippen molar-refractivity contribution in [2.75, 3.05) is 11.9 Å². The van der Waals surface area contributed by atoms with E-state index in [4.69, 9.17) is 0 Å². The van der Waals surface area contributed by atoms with Crippen LogP contribution >= 0.6 is 0 Å². The van der Waals surface area contributed by atoms with Crippen LogP contribution in [0.1, 0.15) is 36.1 Å². The minimum absolute atomic E-state index is 0.0235. The van der Waals surface area contributed by atoms with E-state index >= 15 is 0 Å². The van der Waals surface area contributed by atoms with E-state index in [0.717, 1.165) is 43.5 Å². The van der Waals surface area contributed by atoms with E-state index in [1.54, 1.807) is 12.1 Å². The Morgan fingerprint density at radius 2 is 2.05 bits per heavy atom. The lowest BCUT2D eigenvalue weighted by Crippen LogP contribution is -2.21. The van der Waals surface area contributed by atoms with Crippen molar-refractivity contribution in [3.8, 4) is 0 Å². The molecular weight excluding hydrogens is 263 g/mol. The number of nitrogens with one attached hydrogen (secondary N) is 1. The number of aromatic nitrogens is 1. The summed E-state index contributed by atoms with van der Waals surface area (Å²) in [6, 6.07) is 9.38. The number of halogens is 1. The van der Waals surface area contributed by atoms with Gasteiger partial charge in [0.1, 0.15) is 5.82 Å². The zero-order valence-electron chi connectivity index (χ0n) is 12.0. The molecule has 108 valence electrons. The molecular formula is C18H19FN2. The molecule has 0 radical (unpaired) electrons. The highest BCUT2D eigenvalue weighted by Crippen LogP contribution is 2.49. The molecule has 2 aliphatic carbocycles. The molecule has 21 heavy (non-hydrogen) atoms. The maximum Gasteiger partial charge on any atom is 0.127 e. The number of anilines is 1. The summed E-state index contributed by atoms with van der Waals surface area (Å²) in [7, 11) is 0. The van der Waals surface area contributed by atoms with Crippen molar-refractivity contribution in [1.29, 1.82) is 0 Å². The van der Waals surface area contributed by atoms with Crippen molar-refractivity contribution in [2.24, 2.45) is 0 Å². The van der Waals surface area contributed by atoms with E-state index in [9.17, 15) is 4.39 Å². The summed E-state index contributed by atoms with van der Waals surface area (Å²) >= 11 is 0. The first-order valence-electron chi connectivity index (χ1n) is 7.74. The molecule has 2 aliphatic rings. The van der Waals surface area contributed by atoms with E-state index in [0.29, 0.717) is 0 Å². The van der Waals surface area contributed by atoms with Crippen LogP contribution in [-0.2, 0) is 18.3 Å². The number of rotatable bonds is 4. The molecule has 0 unspecified atom stereocenters. The number of aryl methyl sites for hydroxylation is 2. The van der Waals surface area contributed by atoms with Crippen LogP contribution in [0, 0.1) is 5.82 Å². The molecule has 4 rings (SSSR count). The van der Waals surface area contributed by atoms with Crippen LogP contribution in [0.3, 0.4) is 0 Å². The largest absolute Gasteiger partial charge is 0.383 e. The lowest BCUT2D eigenvalue weighted by molar-refractivity contribution is 0.578. The molecule has 2 aromatic rings. The van der Waals surface area contributed by atoms with Crippen molar-refractivity contribution in [3.63, 3.8) is 0 Å². The van der Waals surface area contributed by atoms with Crippen LogP contribution in [0.2, 0.25) is 0 Å². The number of benzene rings is 1. The van der Waals surface area contributed by atoms with Crippen LogP contribution < -0.4 is 5.32 Å². The molecule has 0 amide bonds. The van der Waals surface area contributed by atoms with Crippen LogP contribution in [0.25, 0.3) is 0 Å². The highest BCUT2D eigenvalue weighted by Gasteiger charge is 2.45. The summed E-state index contributed by atoms with van der Waals surface area (Å²) in [5.41, 5.74) is 4.51. The molecule has 1 aromatic heterocycles. The fraction of sp³-hybridized carbons (Fsp3) is 0.389. The lowest BCUT2D eigenvalue weighted by atomic mass is 9.95. The van der Waals surface area contributed by atoms with Crippen LogP contribution in [-0.4, -0.2) is 11.5 Å². The Hall–Kier alpha value is -1.90. The normalized spacial score (nSPS) is 18.3. The predicted octanol–water partition coefficient (Wildman–Crippen LogP) is 3.85. The molecule has 1 aromatic carbocycles. The van der Waals surface area contributed by atoms with Gasteiger partial charge in [0.05, 0.1) is 11.9 Å². The Morgan fingerprint density at radius 3 is 2.86 bits per heavy atom. The first kappa shape index (κ1) is 12.8. The van der Waals surface area contributed by atoms with E-state index in [1.807, 2.05) is 18.3 Å². The van der Waals surface area contributed by atoms with Crippen molar-refractivity contribution < 1.29 is 4.39 Å². The molecule has 0 aliphatic heterocycles. The monoisotopic (exact) mass is 282 g/mol. The van der Waals surface area contributed by atoms with Gasteiger partial charge in [0.2, 0.25) is 0 Å². The van der Waals surface area contributed by atoms with Crippen molar-refractivity contribution >= 4 is 5.69 Å². The molecule has 3 heteroatoms. The predicted molar refractivity (Wildman–Crippen MR) is 82.1 cm³/mol. The van der Waals surface area contributed by atoms with E-state index < -0.39 is 0 Å². The second-order valence-corrected chi connectivity index (χ2v) is 6.30. The van der Waals surface area contributed by atoms with Gasteiger partial charge in [0, 0.05) is 17.7 Å². The van der Waals surface area contributed by atoms with Gasteiger partial charge >= 0.3 is 0 Å². The van der Waals surface area contributed by atoms with Gasteiger partial charge in [-0.3, -0.25) is 4.98 Å². The molecule has 0 spiro atoms. The Kier molecular flexibility index (Phi) is 2.95. The molecule has 1 N–H and O–H groups in total. The van der Waals surface area contributed by atoms with Gasteiger partial charge < -0.3 is 5.32 Å². The average molecular weight is 282 g/mol. The quantitative estimate of drug-likeness (QED) is 0.921. The van der Waals surface area contributed by atoms with Crippen LogP contribution in [0.4, 0.5) is 10.1 Å². The topological polar surface area (TPSA) is 24.9 Å². The van der Waals surface area contributed by atoms with Gasteiger partial charge in [-0.25, -0.2) is 4.39 Å². The third-order valence-corrected chi connectivity index (χ3v) is 4.85. The van der Waals surface area contributed by atoms with E-state index in [-0.39, 0.29) is 11.2 Å². The molecule has 2 nitrogen and oxygen atoms in total. The zero-order valence-corrected chi connectivity index (χ0v) is 12.0. The fourth-order valence-electron chi connectivity index (χ4n) is 3.38. The number of hydrogen-bond donors (Lipinski definition) is 1. The summed E-state index contributed by atoms with van der Waals surface area (Å²) in [5.74, 6) is -0.0797. The Bertz CT molecular complexity index is 677. The number of hydrogen-bond acceptors (Lipinski definition) is 2. The minimum Gasteiger partial charge on any atom is -0.383 e. The summed E-state index contributed by atoms with van der Waals surface area (Å²) in [6.45, 7) is 0.786. The highest BCUT2D eigenvalue weighted by atomic mass is 19.1. The zero-order chi connectivity index (χ0) is 14.3. The second-order valence-electron chi connectivity index (χ2n) is 6.30. The number of pyridine rings is 1. The standard InChI is InChI=1S/C18H19FN2/c19-16-6-2-1-5-15(16)18(8-9-18)12-21-14-10-13-4-3-7-17(13)20-11-14/h1-2,5-6,10-11,21H,3-4,7-9,12H2. The van der Waals surface area contributed by atoms with E-state index in [1.165, 1.54) is 17.7 Å². The minimum atomic E-state index is -0.0797. The van der Waals surface area contributed by atoms with Crippen LogP contribution in [0.15, 0.2) is 36.5 Å². The highest BCUT2D eigenvalue weighted by molar-refractivity contribution is 5.48. The first-order chi connectivity index (χ1) is 10.3. The van der Waals surface area contributed by atoms with Crippen molar-refractivity contribution in [2.45, 2.75) is 37.5 Å². The SMILES string of the molecule is Fc1ccccc1C1(CNc2cnc3c(c2)CCC3)CC1. The van der Waals surface area contributed by atoms with Gasteiger partial charge in [-0.2, -0.15) is 0 Å². The maximum atomic E-state index is 14.0. The summed E-state index contributed by atoms with van der Waals surface area (Å²) in [4.78, 5) is 4.53. The molecule has 1 heterocycles. The van der Waals surface area contributed by atoms with Gasteiger partial charge in [-0.1, -0.05) is 18.2 Å². The molecule has 0 saturated heterocycles. The first-order valence-corrected chi connectivity index (χ1v) is 7.74. The maximum absolute atomic E-state index is 14.0. The number of nitrogens with zero attached hydrogens (tertiary/aromatic N) is 1. The van der Waals surface area contributed by atoms with Gasteiger partial charge in [0.25, 0.3) is 0 Å².